The van der Waals surface area contributed by atoms with Crippen LogP contribution >= 0.6 is 0 Å². The lowest BCUT2D eigenvalue weighted by Crippen LogP contribution is -2.35. The van der Waals surface area contributed by atoms with Gasteiger partial charge in [-0.1, -0.05) is 0 Å². The van der Waals surface area contributed by atoms with Crippen molar-refractivity contribution in [2.75, 3.05) is 14.2 Å². The third-order valence-corrected chi connectivity index (χ3v) is 2.58. The van der Waals surface area contributed by atoms with Crippen LogP contribution in [0.3, 0.4) is 0 Å². The summed E-state index contributed by atoms with van der Waals surface area (Å²) in [5, 5.41) is 11.0. The molecule has 6 nitrogen and oxygen atoms in total. The lowest BCUT2D eigenvalue weighted by atomic mass is 10.1. The van der Waals surface area contributed by atoms with E-state index in [1.807, 2.05) is 0 Å². The standard InChI is InChI=1S/C13H16FNO5/c1-7(6-10(16)17)15-13(18)11-8(14)4-5-9(19-2)12(11)20-3/h4-5,7H,6H2,1-3H3,(H,15,18)(H,16,17). The predicted molar refractivity (Wildman–Crippen MR) is 68.7 cm³/mol. The van der Waals surface area contributed by atoms with Gasteiger partial charge in [-0.25, -0.2) is 4.39 Å². The van der Waals surface area contributed by atoms with Crippen LogP contribution in [0.4, 0.5) is 4.39 Å². The van der Waals surface area contributed by atoms with E-state index in [9.17, 15) is 14.0 Å². The molecule has 110 valence electrons. The molecule has 0 radical (unpaired) electrons. The SMILES string of the molecule is COc1ccc(F)c(C(=O)NC(C)CC(=O)O)c1OC. The largest absolute Gasteiger partial charge is 0.493 e. The average molecular weight is 285 g/mol. The minimum Gasteiger partial charge on any atom is -0.493 e. The fraction of sp³-hybridized carbons (Fsp3) is 0.385. The van der Waals surface area contributed by atoms with Gasteiger partial charge < -0.3 is 19.9 Å². The van der Waals surface area contributed by atoms with Crippen molar-refractivity contribution < 1.29 is 28.6 Å². The molecule has 0 spiro atoms. The van der Waals surface area contributed by atoms with Gasteiger partial charge in [0.05, 0.1) is 20.6 Å². The van der Waals surface area contributed by atoms with Crippen LogP contribution in [0.15, 0.2) is 12.1 Å². The molecule has 0 fully saturated rings. The molecular weight excluding hydrogens is 269 g/mol. The molecule has 0 aromatic heterocycles. The van der Waals surface area contributed by atoms with E-state index in [4.69, 9.17) is 14.6 Å². The fourth-order valence-corrected chi connectivity index (χ4v) is 1.72. The Morgan fingerprint density at radius 1 is 1.35 bits per heavy atom. The summed E-state index contributed by atoms with van der Waals surface area (Å²) in [7, 11) is 2.65. The van der Waals surface area contributed by atoms with Gasteiger partial charge in [-0.05, 0) is 19.1 Å². The van der Waals surface area contributed by atoms with E-state index < -0.39 is 23.7 Å². The summed E-state index contributed by atoms with van der Waals surface area (Å²) < 4.78 is 23.8. The summed E-state index contributed by atoms with van der Waals surface area (Å²) >= 11 is 0. The normalized spacial score (nSPS) is 11.6. The topological polar surface area (TPSA) is 84.9 Å². The maximum Gasteiger partial charge on any atom is 0.305 e. The van der Waals surface area contributed by atoms with Crippen molar-refractivity contribution >= 4 is 11.9 Å². The quantitative estimate of drug-likeness (QED) is 0.826. The molecular formula is C13H16FNO5. The van der Waals surface area contributed by atoms with E-state index in [-0.39, 0.29) is 23.5 Å². The van der Waals surface area contributed by atoms with E-state index in [0.29, 0.717) is 0 Å². The molecule has 0 aliphatic rings. The number of halogens is 1. The van der Waals surface area contributed by atoms with E-state index in [1.165, 1.54) is 27.2 Å². The molecule has 1 aromatic carbocycles. The molecule has 7 heteroatoms. The summed E-state index contributed by atoms with van der Waals surface area (Å²) in [6.07, 6.45) is -0.264. The number of amides is 1. The van der Waals surface area contributed by atoms with Crippen LogP contribution in [0.25, 0.3) is 0 Å². The Morgan fingerprint density at radius 2 is 2.00 bits per heavy atom. The van der Waals surface area contributed by atoms with Crippen molar-refractivity contribution in [2.45, 2.75) is 19.4 Å². The van der Waals surface area contributed by atoms with E-state index >= 15 is 0 Å². The number of carbonyl (C=O) groups is 2. The summed E-state index contributed by atoms with van der Waals surface area (Å²) in [5.74, 6) is -2.41. The number of hydrogen-bond donors (Lipinski definition) is 2. The smallest absolute Gasteiger partial charge is 0.305 e. The minimum atomic E-state index is -1.06. The van der Waals surface area contributed by atoms with Gasteiger partial charge in [0, 0.05) is 6.04 Å². The number of benzene rings is 1. The molecule has 0 bridgehead atoms. The number of ether oxygens (including phenoxy) is 2. The number of carboxylic acids is 1. The number of carboxylic acid groups (broad SMARTS) is 1. The van der Waals surface area contributed by atoms with Crippen molar-refractivity contribution in [3.05, 3.63) is 23.5 Å². The molecule has 1 atom stereocenters. The van der Waals surface area contributed by atoms with Crippen molar-refractivity contribution in [3.63, 3.8) is 0 Å². The van der Waals surface area contributed by atoms with E-state index in [2.05, 4.69) is 5.32 Å². The van der Waals surface area contributed by atoms with Crippen molar-refractivity contribution in [2.24, 2.45) is 0 Å². The van der Waals surface area contributed by atoms with Gasteiger partial charge in [0.1, 0.15) is 11.4 Å². The minimum absolute atomic E-state index is 0.0347. The second kappa shape index (κ2) is 6.74. The maximum atomic E-state index is 13.8. The average Bonchev–Trinajstić information content (AvgIpc) is 2.36. The highest BCUT2D eigenvalue weighted by molar-refractivity contribution is 5.98. The number of nitrogens with one attached hydrogen (secondary N) is 1. The van der Waals surface area contributed by atoms with Crippen molar-refractivity contribution in [3.8, 4) is 11.5 Å². The first-order chi connectivity index (χ1) is 9.40. The van der Waals surface area contributed by atoms with Gasteiger partial charge in [-0.3, -0.25) is 9.59 Å². The molecule has 0 aliphatic carbocycles. The highest BCUT2D eigenvalue weighted by Gasteiger charge is 2.23. The van der Waals surface area contributed by atoms with Crippen LogP contribution in [0, 0.1) is 5.82 Å². The van der Waals surface area contributed by atoms with Crippen LogP contribution < -0.4 is 14.8 Å². The Hall–Kier alpha value is -2.31. The van der Waals surface area contributed by atoms with Crippen molar-refractivity contribution in [1.82, 2.24) is 5.32 Å². The van der Waals surface area contributed by atoms with Gasteiger partial charge in [0.15, 0.2) is 11.5 Å². The predicted octanol–water partition coefficient (Wildman–Crippen LogP) is 1.44. The summed E-state index contributed by atoms with van der Waals surface area (Å²) in [6, 6.07) is 1.78. The second-order valence-electron chi connectivity index (χ2n) is 4.13. The summed E-state index contributed by atoms with van der Waals surface area (Å²) in [4.78, 5) is 22.6. The van der Waals surface area contributed by atoms with Gasteiger partial charge in [-0.15, -0.1) is 0 Å². The number of methoxy groups -OCH3 is 2. The molecule has 0 saturated heterocycles. The first kappa shape index (κ1) is 15.7. The van der Waals surface area contributed by atoms with Gasteiger partial charge in [0.25, 0.3) is 5.91 Å². The number of hydrogen-bond acceptors (Lipinski definition) is 4. The highest BCUT2D eigenvalue weighted by Crippen LogP contribution is 2.32. The Morgan fingerprint density at radius 3 is 2.50 bits per heavy atom. The third kappa shape index (κ3) is 3.59. The molecule has 1 rings (SSSR count). The Balaban J connectivity index is 3.05. The zero-order valence-electron chi connectivity index (χ0n) is 11.4. The van der Waals surface area contributed by atoms with E-state index in [1.54, 1.807) is 0 Å². The Bertz CT molecular complexity index is 518. The first-order valence-electron chi connectivity index (χ1n) is 5.83. The van der Waals surface area contributed by atoms with Crippen LogP contribution in [-0.2, 0) is 4.79 Å². The highest BCUT2D eigenvalue weighted by atomic mass is 19.1. The molecule has 1 unspecified atom stereocenters. The zero-order chi connectivity index (χ0) is 15.3. The zero-order valence-corrected chi connectivity index (χ0v) is 11.4. The number of carbonyl (C=O) groups excluding carboxylic acids is 1. The Kier molecular flexibility index (Phi) is 5.31. The van der Waals surface area contributed by atoms with Gasteiger partial charge >= 0.3 is 5.97 Å². The summed E-state index contributed by atoms with van der Waals surface area (Å²) in [6.45, 7) is 1.51. The lowest BCUT2D eigenvalue weighted by molar-refractivity contribution is -0.137. The van der Waals surface area contributed by atoms with Crippen LogP contribution in [-0.4, -0.2) is 37.2 Å². The maximum absolute atomic E-state index is 13.8. The van der Waals surface area contributed by atoms with Crippen LogP contribution in [0.2, 0.25) is 0 Å². The fourth-order valence-electron chi connectivity index (χ4n) is 1.72. The molecule has 0 aliphatic heterocycles. The monoisotopic (exact) mass is 285 g/mol. The molecule has 0 saturated carbocycles. The second-order valence-corrected chi connectivity index (χ2v) is 4.13. The number of aliphatic carboxylic acids is 1. The van der Waals surface area contributed by atoms with Crippen LogP contribution in [0.5, 0.6) is 11.5 Å². The Labute approximate surface area is 115 Å². The molecule has 0 heterocycles. The molecule has 1 amide bonds. The third-order valence-electron chi connectivity index (χ3n) is 2.58. The molecule has 1 aromatic rings. The summed E-state index contributed by atoms with van der Waals surface area (Å²) in [5.41, 5.74) is -0.316. The van der Waals surface area contributed by atoms with Gasteiger partial charge in [0.2, 0.25) is 0 Å². The molecule has 2 N–H and O–H groups in total. The number of rotatable bonds is 6. The van der Waals surface area contributed by atoms with Gasteiger partial charge in [-0.2, -0.15) is 0 Å². The lowest BCUT2D eigenvalue weighted by Gasteiger charge is -2.16. The van der Waals surface area contributed by atoms with Crippen LogP contribution in [0.1, 0.15) is 23.7 Å². The van der Waals surface area contributed by atoms with E-state index in [0.717, 1.165) is 6.07 Å². The first-order valence-corrected chi connectivity index (χ1v) is 5.83. The van der Waals surface area contributed by atoms with Crippen molar-refractivity contribution in [1.29, 1.82) is 0 Å². The molecule has 20 heavy (non-hydrogen) atoms.